The van der Waals surface area contributed by atoms with E-state index in [4.69, 9.17) is 33.3 Å². The highest BCUT2D eigenvalue weighted by Gasteiger charge is 2.12. The van der Waals surface area contributed by atoms with Crippen molar-refractivity contribution in [3.8, 4) is 11.3 Å². The number of hydrogen-bond acceptors (Lipinski definition) is 4. The fourth-order valence-electron chi connectivity index (χ4n) is 2.60. The summed E-state index contributed by atoms with van der Waals surface area (Å²) in [6, 6.07) is 15.9. The Bertz CT molecular complexity index is 1000. The third-order valence-corrected chi connectivity index (χ3v) is 4.45. The third kappa shape index (κ3) is 4.54. The van der Waals surface area contributed by atoms with Crippen LogP contribution in [0.1, 0.15) is 21.7 Å². The van der Waals surface area contributed by atoms with E-state index < -0.39 is 0 Å². The van der Waals surface area contributed by atoms with Crippen LogP contribution in [0, 0.1) is 6.92 Å². The summed E-state index contributed by atoms with van der Waals surface area (Å²) in [5.74, 6) is 0.811. The first-order chi connectivity index (χ1) is 13.0. The Morgan fingerprint density at radius 3 is 2.63 bits per heavy atom. The van der Waals surface area contributed by atoms with E-state index in [1.807, 2.05) is 31.2 Å². The Morgan fingerprint density at radius 2 is 1.96 bits per heavy atom. The number of benzene rings is 2. The Hall–Kier alpha value is -2.67. The summed E-state index contributed by atoms with van der Waals surface area (Å²) in [6.07, 6.45) is 0. The van der Waals surface area contributed by atoms with E-state index in [-0.39, 0.29) is 17.6 Å². The lowest BCUT2D eigenvalue weighted by atomic mass is 10.1. The van der Waals surface area contributed by atoms with Gasteiger partial charge in [-0.3, -0.25) is 10.1 Å². The Balaban J connectivity index is 1.68. The van der Waals surface area contributed by atoms with Crippen molar-refractivity contribution in [3.63, 3.8) is 0 Å². The average molecular weight is 401 g/mol. The van der Waals surface area contributed by atoms with Crippen molar-refractivity contribution in [2.24, 2.45) is 0 Å². The van der Waals surface area contributed by atoms with Gasteiger partial charge < -0.3 is 14.8 Å². The molecule has 3 aromatic rings. The Morgan fingerprint density at radius 1 is 1.19 bits per heavy atom. The van der Waals surface area contributed by atoms with Gasteiger partial charge in [-0.25, -0.2) is 0 Å². The molecule has 3 N–H and O–H groups in total. The zero-order chi connectivity index (χ0) is 19.4. The van der Waals surface area contributed by atoms with E-state index in [0.717, 1.165) is 16.8 Å². The van der Waals surface area contributed by atoms with Gasteiger partial charge in [-0.05, 0) is 67.2 Å². The number of aliphatic hydroxyl groups excluding tert-OH is 1. The van der Waals surface area contributed by atoms with Crippen LogP contribution in [0.5, 0.6) is 0 Å². The highest BCUT2D eigenvalue weighted by molar-refractivity contribution is 7.80. The molecule has 0 saturated carbocycles. The molecule has 0 aliphatic carbocycles. The molecule has 2 aromatic carbocycles. The van der Waals surface area contributed by atoms with Crippen molar-refractivity contribution in [1.29, 1.82) is 0 Å². The largest absolute Gasteiger partial charge is 0.459 e. The van der Waals surface area contributed by atoms with Gasteiger partial charge in [0.15, 0.2) is 5.11 Å². The molecule has 0 atom stereocenters. The van der Waals surface area contributed by atoms with Crippen LogP contribution in [0.3, 0.4) is 0 Å². The number of amides is 1. The molecule has 1 aromatic heterocycles. The summed E-state index contributed by atoms with van der Waals surface area (Å²) >= 11 is 11.2. The topological polar surface area (TPSA) is 74.5 Å². The second kappa shape index (κ2) is 8.35. The van der Waals surface area contributed by atoms with Crippen LogP contribution in [0.15, 0.2) is 59.0 Å². The van der Waals surface area contributed by atoms with Crippen molar-refractivity contribution in [1.82, 2.24) is 5.32 Å². The van der Waals surface area contributed by atoms with E-state index in [0.29, 0.717) is 22.1 Å². The molecule has 138 valence electrons. The number of carbonyl (C=O) groups is 1. The number of aliphatic hydroxyl groups is 1. The van der Waals surface area contributed by atoms with E-state index in [9.17, 15) is 4.79 Å². The van der Waals surface area contributed by atoms with Crippen molar-refractivity contribution >= 4 is 40.5 Å². The van der Waals surface area contributed by atoms with Gasteiger partial charge in [0.1, 0.15) is 18.1 Å². The molecule has 0 bridgehead atoms. The molecule has 5 nitrogen and oxygen atoms in total. The number of thiocarbonyl (C=S) groups is 1. The molecule has 1 heterocycles. The molecule has 3 rings (SSSR count). The van der Waals surface area contributed by atoms with Crippen LogP contribution in [0.2, 0.25) is 5.02 Å². The van der Waals surface area contributed by atoms with Gasteiger partial charge in [-0.1, -0.05) is 23.7 Å². The summed E-state index contributed by atoms with van der Waals surface area (Å²) < 4.78 is 5.57. The molecule has 0 aliphatic rings. The number of hydrogen-bond donors (Lipinski definition) is 3. The van der Waals surface area contributed by atoms with Crippen molar-refractivity contribution in [2.45, 2.75) is 13.5 Å². The van der Waals surface area contributed by atoms with Crippen LogP contribution in [0.4, 0.5) is 5.69 Å². The lowest BCUT2D eigenvalue weighted by Gasteiger charge is -2.12. The molecular formula is C20H17ClN2O3S. The van der Waals surface area contributed by atoms with Gasteiger partial charge in [-0.2, -0.15) is 0 Å². The molecule has 0 radical (unpaired) electrons. The number of anilines is 1. The van der Waals surface area contributed by atoms with Gasteiger partial charge in [0.05, 0.1) is 10.6 Å². The summed E-state index contributed by atoms with van der Waals surface area (Å²) in [5, 5.41) is 15.3. The standard InChI is InChI=1S/C20H17ClN2O3S/c1-12-10-13(6-8-15(12)18-9-7-14(11-24)26-18)22-20(27)23-19(25)16-4-2-3-5-17(16)21/h2-10,24H,11H2,1H3,(H2,22,23,25,27). The van der Waals surface area contributed by atoms with E-state index in [2.05, 4.69) is 10.6 Å². The molecule has 27 heavy (non-hydrogen) atoms. The van der Waals surface area contributed by atoms with Crippen LogP contribution < -0.4 is 10.6 Å². The zero-order valence-corrected chi connectivity index (χ0v) is 16.0. The first-order valence-electron chi connectivity index (χ1n) is 8.15. The van der Waals surface area contributed by atoms with Gasteiger partial charge in [0.25, 0.3) is 5.91 Å². The number of rotatable bonds is 4. The van der Waals surface area contributed by atoms with Gasteiger partial charge in [0, 0.05) is 11.3 Å². The minimum Gasteiger partial charge on any atom is -0.459 e. The summed E-state index contributed by atoms with van der Waals surface area (Å²) in [4.78, 5) is 12.2. The van der Waals surface area contributed by atoms with Crippen LogP contribution >= 0.6 is 23.8 Å². The van der Waals surface area contributed by atoms with Crippen LogP contribution in [-0.2, 0) is 6.61 Å². The maximum atomic E-state index is 12.2. The maximum absolute atomic E-state index is 12.2. The lowest BCUT2D eigenvalue weighted by Crippen LogP contribution is -2.34. The maximum Gasteiger partial charge on any atom is 0.258 e. The fraction of sp³-hybridized carbons (Fsp3) is 0.100. The predicted molar refractivity (Wildman–Crippen MR) is 110 cm³/mol. The number of nitrogens with one attached hydrogen (secondary N) is 2. The van der Waals surface area contributed by atoms with Gasteiger partial charge >= 0.3 is 0 Å². The SMILES string of the molecule is Cc1cc(NC(=S)NC(=O)c2ccccc2Cl)ccc1-c1ccc(CO)o1. The van der Waals surface area contributed by atoms with Gasteiger partial charge in [-0.15, -0.1) is 0 Å². The summed E-state index contributed by atoms with van der Waals surface area (Å²) in [7, 11) is 0. The highest BCUT2D eigenvalue weighted by Crippen LogP contribution is 2.27. The number of carbonyl (C=O) groups excluding carboxylic acids is 1. The molecule has 0 aliphatic heterocycles. The van der Waals surface area contributed by atoms with Gasteiger partial charge in [0.2, 0.25) is 0 Å². The average Bonchev–Trinajstić information content (AvgIpc) is 3.11. The van der Waals surface area contributed by atoms with E-state index in [1.54, 1.807) is 30.3 Å². The summed E-state index contributed by atoms with van der Waals surface area (Å²) in [6.45, 7) is 1.80. The normalized spacial score (nSPS) is 10.5. The fourth-order valence-corrected chi connectivity index (χ4v) is 3.04. The number of furan rings is 1. The molecule has 7 heteroatoms. The van der Waals surface area contributed by atoms with Crippen molar-refractivity contribution in [2.75, 3.05) is 5.32 Å². The Kier molecular flexibility index (Phi) is 5.91. The molecule has 0 spiro atoms. The minimum atomic E-state index is -0.376. The van der Waals surface area contributed by atoms with Crippen LogP contribution in [-0.4, -0.2) is 16.1 Å². The first-order valence-corrected chi connectivity index (χ1v) is 8.94. The predicted octanol–water partition coefficient (Wildman–Crippen LogP) is 4.53. The number of aryl methyl sites for hydroxylation is 1. The summed E-state index contributed by atoms with van der Waals surface area (Å²) in [5.41, 5.74) is 2.95. The molecular weight excluding hydrogens is 384 g/mol. The smallest absolute Gasteiger partial charge is 0.258 e. The Labute approximate surface area is 167 Å². The van der Waals surface area contributed by atoms with Crippen molar-refractivity contribution < 1.29 is 14.3 Å². The highest BCUT2D eigenvalue weighted by atomic mass is 35.5. The molecule has 0 unspecified atom stereocenters. The van der Waals surface area contributed by atoms with Crippen molar-refractivity contribution in [3.05, 3.63) is 76.5 Å². The monoisotopic (exact) mass is 400 g/mol. The minimum absolute atomic E-state index is 0.141. The van der Waals surface area contributed by atoms with E-state index in [1.165, 1.54) is 0 Å². The molecule has 0 saturated heterocycles. The van der Waals surface area contributed by atoms with Crippen LogP contribution in [0.25, 0.3) is 11.3 Å². The number of halogens is 1. The van der Waals surface area contributed by atoms with E-state index >= 15 is 0 Å². The quantitative estimate of drug-likeness (QED) is 0.561. The molecule has 1 amide bonds. The third-order valence-electron chi connectivity index (χ3n) is 3.91. The zero-order valence-electron chi connectivity index (χ0n) is 14.5. The second-order valence-electron chi connectivity index (χ2n) is 5.84. The first kappa shape index (κ1) is 19.1. The lowest BCUT2D eigenvalue weighted by molar-refractivity contribution is 0.0978. The molecule has 0 fully saturated rings. The second-order valence-corrected chi connectivity index (χ2v) is 6.66.